The Balaban J connectivity index is 0.000000638. The van der Waals surface area contributed by atoms with Crippen LogP contribution in [0.4, 0.5) is 13.2 Å². The third-order valence-corrected chi connectivity index (χ3v) is 8.64. The van der Waals surface area contributed by atoms with Crippen LogP contribution in [0.1, 0.15) is 16.7 Å². The van der Waals surface area contributed by atoms with Crippen LogP contribution in [-0.2, 0) is 19.6 Å². The second kappa shape index (κ2) is 13.7. The van der Waals surface area contributed by atoms with Crippen LogP contribution in [0.2, 0.25) is 0 Å². The topological polar surface area (TPSA) is 114 Å². The van der Waals surface area contributed by atoms with Gasteiger partial charge >= 0.3 is 12.1 Å². The van der Waals surface area contributed by atoms with Crippen molar-refractivity contribution in [2.75, 3.05) is 79.0 Å². The van der Waals surface area contributed by atoms with Gasteiger partial charge in [0.1, 0.15) is 0 Å². The number of rotatable bonds is 7. The van der Waals surface area contributed by atoms with Gasteiger partial charge in [0, 0.05) is 65.4 Å². The fourth-order valence-corrected chi connectivity index (χ4v) is 6.27. The summed E-state index contributed by atoms with van der Waals surface area (Å²) < 4.78 is 60.6. The molecule has 2 saturated heterocycles. The molecule has 0 atom stereocenters. The van der Waals surface area contributed by atoms with E-state index in [0.29, 0.717) is 31.1 Å². The Morgan fingerprint density at radius 1 is 1.00 bits per heavy atom. The van der Waals surface area contributed by atoms with Gasteiger partial charge in [-0.3, -0.25) is 9.69 Å². The van der Waals surface area contributed by atoms with Gasteiger partial charge < -0.3 is 20.2 Å². The first-order chi connectivity index (χ1) is 17.6. The van der Waals surface area contributed by atoms with Crippen molar-refractivity contribution >= 4 is 21.9 Å². The Morgan fingerprint density at radius 2 is 1.50 bits per heavy atom. The van der Waals surface area contributed by atoms with Crippen molar-refractivity contribution in [3.8, 4) is 0 Å². The molecule has 38 heavy (non-hydrogen) atoms. The predicted molar refractivity (Wildman–Crippen MR) is 136 cm³/mol. The van der Waals surface area contributed by atoms with Crippen LogP contribution in [0.5, 0.6) is 0 Å². The van der Waals surface area contributed by atoms with Crippen molar-refractivity contribution in [2.45, 2.75) is 31.8 Å². The minimum Gasteiger partial charge on any atom is -0.475 e. The van der Waals surface area contributed by atoms with E-state index in [1.54, 1.807) is 4.90 Å². The molecule has 0 aromatic heterocycles. The van der Waals surface area contributed by atoms with Crippen molar-refractivity contribution in [1.82, 2.24) is 24.3 Å². The van der Waals surface area contributed by atoms with Gasteiger partial charge in [-0.2, -0.15) is 17.5 Å². The number of carbonyl (C=O) groups excluding carboxylic acids is 1. The first-order valence-corrected chi connectivity index (χ1v) is 13.8. The lowest BCUT2D eigenvalue weighted by Crippen LogP contribution is -2.52. The van der Waals surface area contributed by atoms with Crippen LogP contribution in [0, 0.1) is 20.8 Å². The van der Waals surface area contributed by atoms with Gasteiger partial charge in [-0.05, 0) is 38.9 Å². The highest BCUT2D eigenvalue weighted by atomic mass is 32.2. The standard InChI is InChI=1S/C22H37N5O3S.C2HF3O2/c1-18-15-19(2)22(20(3)16-18)31(29,30)27(14-13-25-11-9-24(4)10-12-25)17-21(28)26-7-5-23-6-8-26;3-2(4,5)1(6)7/h15-16,23H,5-14,17H2,1-4H3;(H,6,7). The first-order valence-electron chi connectivity index (χ1n) is 12.4. The smallest absolute Gasteiger partial charge is 0.475 e. The van der Waals surface area contributed by atoms with Gasteiger partial charge in [-0.25, -0.2) is 13.2 Å². The maximum absolute atomic E-state index is 13.7. The van der Waals surface area contributed by atoms with E-state index in [0.717, 1.165) is 56.0 Å². The zero-order valence-electron chi connectivity index (χ0n) is 22.3. The lowest BCUT2D eigenvalue weighted by Gasteiger charge is -2.34. The first kappa shape index (κ1) is 32.0. The number of aryl methyl sites for hydroxylation is 3. The summed E-state index contributed by atoms with van der Waals surface area (Å²) in [6.07, 6.45) is -5.08. The van der Waals surface area contributed by atoms with E-state index >= 15 is 0 Å². The molecule has 14 heteroatoms. The fourth-order valence-electron chi connectivity index (χ4n) is 4.48. The molecule has 3 rings (SSSR count). The highest BCUT2D eigenvalue weighted by molar-refractivity contribution is 7.89. The molecule has 0 radical (unpaired) electrons. The summed E-state index contributed by atoms with van der Waals surface area (Å²) in [6, 6.07) is 3.80. The molecule has 2 aliphatic heterocycles. The molecule has 0 spiro atoms. The van der Waals surface area contributed by atoms with Gasteiger partial charge in [0.2, 0.25) is 15.9 Å². The molecule has 2 N–H and O–H groups in total. The molecule has 1 aromatic carbocycles. The molecule has 2 aliphatic rings. The quantitative estimate of drug-likeness (QED) is 0.502. The second-order valence-corrected chi connectivity index (χ2v) is 11.5. The zero-order valence-corrected chi connectivity index (χ0v) is 23.2. The number of carboxylic acid groups (broad SMARTS) is 1. The zero-order chi connectivity index (χ0) is 28.7. The lowest BCUT2D eigenvalue weighted by molar-refractivity contribution is -0.192. The minimum absolute atomic E-state index is 0.108. The van der Waals surface area contributed by atoms with Gasteiger partial charge in [0.15, 0.2) is 0 Å². The number of alkyl halides is 3. The van der Waals surface area contributed by atoms with Crippen molar-refractivity contribution in [1.29, 1.82) is 0 Å². The second-order valence-electron chi connectivity index (χ2n) is 9.65. The molecule has 0 unspecified atom stereocenters. The minimum atomic E-state index is -5.08. The van der Waals surface area contributed by atoms with E-state index in [-0.39, 0.29) is 12.5 Å². The third kappa shape index (κ3) is 9.19. The molecule has 2 fully saturated rings. The Hall–Kier alpha value is -2.26. The number of nitrogens with one attached hydrogen (secondary N) is 1. The third-order valence-electron chi connectivity index (χ3n) is 6.49. The molecule has 1 amide bonds. The molecule has 0 bridgehead atoms. The van der Waals surface area contributed by atoms with Crippen molar-refractivity contribution in [3.63, 3.8) is 0 Å². The van der Waals surface area contributed by atoms with Gasteiger partial charge in [-0.1, -0.05) is 17.7 Å². The molecule has 216 valence electrons. The number of piperazine rings is 2. The van der Waals surface area contributed by atoms with Crippen molar-refractivity contribution in [3.05, 3.63) is 28.8 Å². The summed E-state index contributed by atoms with van der Waals surface area (Å²) in [5.74, 6) is -2.88. The Labute approximate surface area is 222 Å². The Kier molecular flexibility index (Phi) is 11.5. The maximum atomic E-state index is 13.7. The number of carboxylic acids is 1. The van der Waals surface area contributed by atoms with Gasteiger partial charge in [-0.15, -0.1) is 0 Å². The maximum Gasteiger partial charge on any atom is 0.490 e. The highest BCUT2D eigenvalue weighted by Crippen LogP contribution is 2.25. The predicted octanol–water partition coefficient (Wildman–Crippen LogP) is 0.915. The average molecular weight is 566 g/mol. The molecule has 10 nitrogen and oxygen atoms in total. The van der Waals surface area contributed by atoms with E-state index < -0.39 is 22.2 Å². The summed E-state index contributed by atoms with van der Waals surface area (Å²) in [7, 11) is -1.69. The summed E-state index contributed by atoms with van der Waals surface area (Å²) >= 11 is 0. The van der Waals surface area contributed by atoms with E-state index in [1.165, 1.54) is 4.31 Å². The summed E-state index contributed by atoms with van der Waals surface area (Å²) in [5, 5.41) is 10.4. The van der Waals surface area contributed by atoms with E-state index in [4.69, 9.17) is 9.90 Å². The molecular formula is C24H38F3N5O5S. The monoisotopic (exact) mass is 565 g/mol. The number of benzene rings is 1. The number of halogens is 3. The van der Waals surface area contributed by atoms with Crippen molar-refractivity contribution < 1.29 is 36.3 Å². The molecular weight excluding hydrogens is 527 g/mol. The number of sulfonamides is 1. The number of likely N-dealkylation sites (N-methyl/N-ethyl adjacent to an activating group) is 1. The Bertz CT molecular complexity index is 1050. The summed E-state index contributed by atoms with van der Waals surface area (Å²) in [6.45, 7) is 13.0. The van der Waals surface area contributed by atoms with Crippen LogP contribution >= 0.6 is 0 Å². The molecule has 2 heterocycles. The number of hydrogen-bond acceptors (Lipinski definition) is 7. The SMILES string of the molecule is Cc1cc(C)c(S(=O)(=O)N(CCN2CCN(C)CC2)CC(=O)N2CCNCC2)c(C)c1.O=C(O)C(F)(F)F. The van der Waals surface area contributed by atoms with E-state index in [2.05, 4.69) is 22.2 Å². The van der Waals surface area contributed by atoms with Gasteiger partial charge in [0.25, 0.3) is 0 Å². The molecule has 1 aromatic rings. The average Bonchev–Trinajstić information content (AvgIpc) is 2.82. The number of aliphatic carboxylic acids is 1. The molecule has 0 aliphatic carbocycles. The number of amides is 1. The highest BCUT2D eigenvalue weighted by Gasteiger charge is 2.38. The van der Waals surface area contributed by atoms with E-state index in [9.17, 15) is 26.4 Å². The fraction of sp³-hybridized carbons (Fsp3) is 0.667. The number of carbonyl (C=O) groups is 2. The summed E-state index contributed by atoms with van der Waals surface area (Å²) in [4.78, 5) is 28.5. The number of hydrogen-bond donors (Lipinski definition) is 2. The van der Waals surface area contributed by atoms with Crippen molar-refractivity contribution in [2.24, 2.45) is 0 Å². The van der Waals surface area contributed by atoms with Crippen LogP contribution in [0.15, 0.2) is 17.0 Å². The largest absolute Gasteiger partial charge is 0.490 e. The van der Waals surface area contributed by atoms with Crippen LogP contribution in [0.25, 0.3) is 0 Å². The normalized spacial score (nSPS) is 17.7. The van der Waals surface area contributed by atoms with Crippen LogP contribution < -0.4 is 5.32 Å². The Morgan fingerprint density at radius 3 is 1.97 bits per heavy atom. The number of nitrogens with zero attached hydrogens (tertiary/aromatic N) is 4. The molecule has 0 saturated carbocycles. The lowest BCUT2D eigenvalue weighted by atomic mass is 10.1. The van der Waals surface area contributed by atoms with Crippen LogP contribution in [-0.4, -0.2) is 130 Å². The van der Waals surface area contributed by atoms with Crippen LogP contribution in [0.3, 0.4) is 0 Å². The van der Waals surface area contributed by atoms with Gasteiger partial charge in [0.05, 0.1) is 11.4 Å². The van der Waals surface area contributed by atoms with E-state index in [1.807, 2.05) is 32.9 Å². The summed E-state index contributed by atoms with van der Waals surface area (Å²) in [5.41, 5.74) is 2.50.